The van der Waals surface area contributed by atoms with Gasteiger partial charge in [0.05, 0.1) is 6.20 Å². The zero-order valence-electron chi connectivity index (χ0n) is 5.41. The van der Waals surface area contributed by atoms with Gasteiger partial charge in [0.25, 0.3) is 0 Å². The summed E-state index contributed by atoms with van der Waals surface area (Å²) in [7, 11) is 1.95. The van der Waals surface area contributed by atoms with Gasteiger partial charge in [0.1, 0.15) is 12.7 Å². The van der Waals surface area contributed by atoms with E-state index >= 15 is 0 Å². The molecule has 2 N–H and O–H groups in total. The third-order valence-corrected chi connectivity index (χ3v) is 1.10. The van der Waals surface area contributed by atoms with Gasteiger partial charge in [-0.1, -0.05) is 0 Å². The third-order valence-electron chi connectivity index (χ3n) is 1.10. The lowest BCUT2D eigenvalue weighted by molar-refractivity contribution is -0.672. The van der Waals surface area contributed by atoms with Crippen molar-refractivity contribution in [3.63, 3.8) is 0 Å². The summed E-state index contributed by atoms with van der Waals surface area (Å²) in [6, 6.07) is 0. The van der Waals surface area contributed by atoms with Crippen LogP contribution in [-0.2, 0) is 13.6 Å². The van der Waals surface area contributed by atoms with Gasteiger partial charge in [0.2, 0.25) is 0 Å². The lowest BCUT2D eigenvalue weighted by Crippen LogP contribution is -2.28. The molecule has 1 aromatic heterocycles. The maximum atomic E-state index is 5.34. The van der Waals surface area contributed by atoms with E-state index in [0.717, 1.165) is 5.69 Å². The first-order chi connectivity index (χ1) is 4.33. The number of rotatable bonds is 1. The Morgan fingerprint density at radius 2 is 2.56 bits per heavy atom. The van der Waals surface area contributed by atoms with E-state index in [0.29, 0.717) is 6.54 Å². The summed E-state index contributed by atoms with van der Waals surface area (Å²) in [5.41, 5.74) is 6.26. The summed E-state index contributed by atoms with van der Waals surface area (Å²) in [5, 5.41) is 0. The van der Waals surface area contributed by atoms with Crippen LogP contribution in [0.25, 0.3) is 0 Å². The minimum absolute atomic E-state index is 0.509. The molecule has 0 bridgehead atoms. The van der Waals surface area contributed by atoms with Gasteiger partial charge in [-0.15, -0.1) is 0 Å². The van der Waals surface area contributed by atoms with Gasteiger partial charge in [-0.2, -0.15) is 0 Å². The second-order valence-electron chi connectivity index (χ2n) is 1.92. The predicted octanol–water partition coefficient (Wildman–Crippen LogP) is -0.635. The Balaban J connectivity index is 2.94. The van der Waals surface area contributed by atoms with E-state index in [1.54, 1.807) is 6.20 Å². The molecule has 3 heteroatoms. The van der Waals surface area contributed by atoms with Crippen LogP contribution in [0.2, 0.25) is 0 Å². The first kappa shape index (κ1) is 6.16. The van der Waals surface area contributed by atoms with E-state index in [4.69, 9.17) is 5.73 Å². The van der Waals surface area contributed by atoms with Gasteiger partial charge in [0.15, 0.2) is 12.4 Å². The fourth-order valence-corrected chi connectivity index (χ4v) is 0.651. The van der Waals surface area contributed by atoms with Crippen molar-refractivity contribution < 1.29 is 4.57 Å². The molecule has 0 unspecified atom stereocenters. The first-order valence-electron chi connectivity index (χ1n) is 2.83. The Morgan fingerprint density at radius 3 is 3.00 bits per heavy atom. The number of aryl methyl sites for hydroxylation is 1. The SMILES string of the molecule is C[n+]1ccnc(CN)c1. The highest BCUT2D eigenvalue weighted by molar-refractivity contribution is 4.87. The average molecular weight is 124 g/mol. The lowest BCUT2D eigenvalue weighted by atomic mass is 10.4. The molecule has 3 nitrogen and oxygen atoms in total. The molecule has 1 heterocycles. The summed E-state index contributed by atoms with van der Waals surface area (Å²) in [4.78, 5) is 4.01. The first-order valence-corrected chi connectivity index (χ1v) is 2.83. The van der Waals surface area contributed by atoms with Crippen molar-refractivity contribution >= 4 is 0 Å². The van der Waals surface area contributed by atoms with E-state index in [-0.39, 0.29) is 0 Å². The molecule has 0 aliphatic heterocycles. The van der Waals surface area contributed by atoms with Crippen LogP contribution in [0.15, 0.2) is 18.6 Å². The molecule has 0 aliphatic carbocycles. The Morgan fingerprint density at radius 1 is 1.78 bits per heavy atom. The molecule has 0 atom stereocenters. The highest BCUT2D eigenvalue weighted by Crippen LogP contribution is 1.82. The van der Waals surface area contributed by atoms with Crippen LogP contribution >= 0.6 is 0 Å². The fraction of sp³-hybridized carbons (Fsp3) is 0.333. The number of aromatic nitrogens is 2. The molecule has 48 valence electrons. The second-order valence-corrected chi connectivity index (χ2v) is 1.92. The molecular formula is C6H10N3+. The van der Waals surface area contributed by atoms with Crippen LogP contribution in [0.4, 0.5) is 0 Å². The molecule has 1 aromatic rings. The van der Waals surface area contributed by atoms with Crippen LogP contribution in [0.1, 0.15) is 5.69 Å². The van der Waals surface area contributed by atoms with Crippen molar-refractivity contribution in [3.05, 3.63) is 24.3 Å². The molecule has 0 saturated heterocycles. The highest BCUT2D eigenvalue weighted by Gasteiger charge is 1.93. The zero-order valence-corrected chi connectivity index (χ0v) is 5.41. The van der Waals surface area contributed by atoms with Crippen molar-refractivity contribution in [2.75, 3.05) is 0 Å². The fourth-order valence-electron chi connectivity index (χ4n) is 0.651. The maximum Gasteiger partial charge on any atom is 0.191 e. The molecule has 0 spiro atoms. The largest absolute Gasteiger partial charge is 0.325 e. The van der Waals surface area contributed by atoms with Gasteiger partial charge < -0.3 is 5.73 Å². The monoisotopic (exact) mass is 124 g/mol. The molecule has 0 saturated carbocycles. The number of hydrogen-bond acceptors (Lipinski definition) is 2. The quantitative estimate of drug-likeness (QED) is 0.506. The van der Waals surface area contributed by atoms with Gasteiger partial charge in [-0.3, -0.25) is 0 Å². The summed E-state index contributed by atoms with van der Waals surface area (Å²) >= 11 is 0. The Kier molecular flexibility index (Phi) is 1.75. The summed E-state index contributed by atoms with van der Waals surface area (Å²) < 4.78 is 1.93. The Bertz CT molecular complexity index is 197. The van der Waals surface area contributed by atoms with E-state index in [1.165, 1.54) is 0 Å². The molecule has 1 rings (SSSR count). The van der Waals surface area contributed by atoms with Gasteiger partial charge in [-0.25, -0.2) is 9.55 Å². The van der Waals surface area contributed by atoms with Crippen LogP contribution in [-0.4, -0.2) is 4.98 Å². The Labute approximate surface area is 54.2 Å². The van der Waals surface area contributed by atoms with E-state index in [9.17, 15) is 0 Å². The van der Waals surface area contributed by atoms with Gasteiger partial charge in [-0.05, 0) is 0 Å². The Hall–Kier alpha value is -0.960. The molecule has 0 aromatic carbocycles. The lowest BCUT2D eigenvalue weighted by Gasteiger charge is -1.89. The van der Waals surface area contributed by atoms with E-state index < -0.39 is 0 Å². The molecular weight excluding hydrogens is 114 g/mol. The molecule has 0 radical (unpaired) electrons. The molecule has 0 amide bonds. The normalized spacial score (nSPS) is 9.56. The van der Waals surface area contributed by atoms with E-state index in [2.05, 4.69) is 4.98 Å². The topological polar surface area (TPSA) is 42.8 Å². The molecule has 0 fully saturated rings. The van der Waals surface area contributed by atoms with Crippen molar-refractivity contribution in [1.29, 1.82) is 0 Å². The highest BCUT2D eigenvalue weighted by atomic mass is 14.9. The summed E-state index contributed by atoms with van der Waals surface area (Å²) in [6.45, 7) is 0.509. The van der Waals surface area contributed by atoms with Gasteiger partial charge in [0, 0.05) is 6.54 Å². The smallest absolute Gasteiger partial charge is 0.191 e. The number of nitrogens with two attached hydrogens (primary N) is 1. The van der Waals surface area contributed by atoms with Crippen molar-refractivity contribution in [2.45, 2.75) is 6.54 Å². The number of nitrogens with zero attached hydrogens (tertiary/aromatic N) is 2. The summed E-state index contributed by atoms with van der Waals surface area (Å²) in [5.74, 6) is 0. The molecule has 0 aliphatic rings. The van der Waals surface area contributed by atoms with Crippen molar-refractivity contribution in [2.24, 2.45) is 12.8 Å². The van der Waals surface area contributed by atoms with Gasteiger partial charge >= 0.3 is 0 Å². The minimum atomic E-state index is 0.509. The maximum absolute atomic E-state index is 5.34. The standard InChI is InChI=1S/C6H10N3/c1-9-3-2-8-6(4-7)5-9/h2-3,5H,4,7H2,1H3/q+1. The van der Waals surface area contributed by atoms with Crippen LogP contribution in [0.3, 0.4) is 0 Å². The van der Waals surface area contributed by atoms with E-state index in [1.807, 2.05) is 24.0 Å². The summed E-state index contributed by atoms with van der Waals surface area (Å²) in [6.07, 6.45) is 5.52. The van der Waals surface area contributed by atoms with Crippen LogP contribution in [0, 0.1) is 0 Å². The molecule has 9 heavy (non-hydrogen) atoms. The minimum Gasteiger partial charge on any atom is -0.325 e. The van der Waals surface area contributed by atoms with Crippen LogP contribution < -0.4 is 10.3 Å². The number of hydrogen-bond donors (Lipinski definition) is 1. The van der Waals surface area contributed by atoms with Crippen molar-refractivity contribution in [1.82, 2.24) is 4.98 Å². The average Bonchev–Trinajstić information content (AvgIpc) is 1.88. The second kappa shape index (κ2) is 2.55. The zero-order chi connectivity index (χ0) is 6.69. The van der Waals surface area contributed by atoms with Crippen molar-refractivity contribution in [3.8, 4) is 0 Å². The predicted molar refractivity (Wildman–Crippen MR) is 33.3 cm³/mol. The third kappa shape index (κ3) is 1.47. The van der Waals surface area contributed by atoms with Crippen LogP contribution in [0.5, 0.6) is 0 Å².